The highest BCUT2D eigenvalue weighted by Crippen LogP contribution is 2.41. The summed E-state index contributed by atoms with van der Waals surface area (Å²) in [6.45, 7) is 4.91. The molecule has 1 fully saturated rings. The second kappa shape index (κ2) is 10.4. The summed E-state index contributed by atoms with van der Waals surface area (Å²) >= 11 is 0.960. The SMILES string of the molecule is COC(=O)C1=CN(Cc2ccc(OC(F)(F)F)cc2)C2C(=O)[C@@H](NC(=O)OC(C)(C)C)CSC2=C1F. The van der Waals surface area contributed by atoms with Gasteiger partial charge in [0.15, 0.2) is 11.6 Å². The lowest BCUT2D eigenvalue weighted by atomic mass is 9.97. The molecule has 2 atom stereocenters. The molecule has 1 N–H and O–H groups in total. The first-order valence-electron chi connectivity index (χ1n) is 10.6. The summed E-state index contributed by atoms with van der Waals surface area (Å²) in [4.78, 5) is 39.1. The van der Waals surface area contributed by atoms with Crippen LogP contribution in [0.3, 0.4) is 0 Å². The van der Waals surface area contributed by atoms with Crippen LogP contribution in [-0.4, -0.2) is 59.7 Å². The molecule has 1 aromatic carbocycles. The number of Topliss-reactive ketones (excluding diaryl/α,β-unsaturated/α-hetero) is 1. The minimum Gasteiger partial charge on any atom is -0.465 e. The van der Waals surface area contributed by atoms with Gasteiger partial charge < -0.3 is 24.4 Å². The fraction of sp³-hybridized carbons (Fsp3) is 0.435. The van der Waals surface area contributed by atoms with Gasteiger partial charge in [0.1, 0.15) is 29.0 Å². The van der Waals surface area contributed by atoms with E-state index in [-0.39, 0.29) is 17.2 Å². The van der Waals surface area contributed by atoms with Gasteiger partial charge in [0.05, 0.1) is 12.0 Å². The maximum atomic E-state index is 15.2. The van der Waals surface area contributed by atoms with Crippen molar-refractivity contribution in [1.82, 2.24) is 10.2 Å². The maximum Gasteiger partial charge on any atom is 0.573 e. The molecule has 1 unspecified atom stereocenters. The van der Waals surface area contributed by atoms with Gasteiger partial charge in [0.25, 0.3) is 0 Å². The van der Waals surface area contributed by atoms with Crippen LogP contribution in [0.25, 0.3) is 0 Å². The van der Waals surface area contributed by atoms with Crippen molar-refractivity contribution in [3.8, 4) is 5.75 Å². The van der Waals surface area contributed by atoms with E-state index in [9.17, 15) is 27.6 Å². The number of carbonyl (C=O) groups is 3. The zero-order chi connectivity index (χ0) is 26.8. The first-order chi connectivity index (χ1) is 16.7. The summed E-state index contributed by atoms with van der Waals surface area (Å²) in [7, 11) is 1.08. The number of nitrogens with zero attached hydrogens (tertiary/aromatic N) is 1. The molecule has 0 aliphatic carbocycles. The Kier molecular flexibility index (Phi) is 7.91. The standard InChI is InChI=1S/C23H24F4N2O6S/c1-22(2,3)35-21(32)28-15-11-36-19-16(24)14(20(31)33-4)10-29(17(19)18(15)30)9-12-5-7-13(8-6-12)34-23(25,26)27/h5-8,10,15,17H,9,11H2,1-4H3,(H,28,32)/t15-,17?/m0/s1. The number of alkyl carbamates (subject to hydrolysis) is 1. The largest absolute Gasteiger partial charge is 0.573 e. The summed E-state index contributed by atoms with van der Waals surface area (Å²) < 4.78 is 66.3. The highest BCUT2D eigenvalue weighted by atomic mass is 32.2. The van der Waals surface area contributed by atoms with Gasteiger partial charge >= 0.3 is 18.4 Å². The van der Waals surface area contributed by atoms with Gasteiger partial charge in [-0.05, 0) is 38.5 Å². The number of benzene rings is 1. The number of methoxy groups -OCH3 is 1. The van der Waals surface area contributed by atoms with Crippen molar-refractivity contribution in [2.45, 2.75) is 51.4 Å². The van der Waals surface area contributed by atoms with Crippen molar-refractivity contribution < 1.29 is 46.2 Å². The molecule has 0 saturated carbocycles. The average Bonchev–Trinajstić information content (AvgIpc) is 2.75. The van der Waals surface area contributed by atoms with Crippen LogP contribution >= 0.6 is 11.8 Å². The van der Waals surface area contributed by atoms with Crippen molar-refractivity contribution in [3.63, 3.8) is 0 Å². The second-order valence-electron chi connectivity index (χ2n) is 8.89. The highest BCUT2D eigenvalue weighted by molar-refractivity contribution is 8.03. The highest BCUT2D eigenvalue weighted by Gasteiger charge is 2.45. The van der Waals surface area contributed by atoms with Gasteiger partial charge in [-0.1, -0.05) is 12.1 Å². The molecule has 0 bridgehead atoms. The summed E-state index contributed by atoms with van der Waals surface area (Å²) in [5, 5.41) is 2.49. The van der Waals surface area contributed by atoms with Crippen LogP contribution in [-0.2, 0) is 25.6 Å². The monoisotopic (exact) mass is 532 g/mol. The van der Waals surface area contributed by atoms with E-state index < -0.39 is 59.0 Å². The predicted molar refractivity (Wildman–Crippen MR) is 121 cm³/mol. The molecule has 8 nitrogen and oxygen atoms in total. The summed E-state index contributed by atoms with van der Waals surface area (Å²) in [5.74, 6) is -2.84. The first kappa shape index (κ1) is 27.4. The van der Waals surface area contributed by atoms with E-state index in [0.29, 0.717) is 5.56 Å². The zero-order valence-electron chi connectivity index (χ0n) is 19.8. The number of amides is 1. The Morgan fingerprint density at radius 1 is 1.17 bits per heavy atom. The number of thioether (sulfide) groups is 1. The Hall–Kier alpha value is -3.22. The quantitative estimate of drug-likeness (QED) is 0.445. The summed E-state index contributed by atoms with van der Waals surface area (Å²) in [6, 6.07) is 2.68. The summed E-state index contributed by atoms with van der Waals surface area (Å²) in [6.07, 6.45) is -4.54. The number of fused-ring (bicyclic) bond motifs is 1. The molecule has 1 saturated heterocycles. The Morgan fingerprint density at radius 3 is 2.36 bits per heavy atom. The van der Waals surface area contributed by atoms with Gasteiger partial charge in [0.2, 0.25) is 0 Å². The Balaban J connectivity index is 1.88. The van der Waals surface area contributed by atoms with Crippen molar-refractivity contribution >= 4 is 29.6 Å². The molecule has 196 valence electrons. The third-order valence-electron chi connectivity index (χ3n) is 4.96. The fourth-order valence-corrected chi connectivity index (χ4v) is 4.78. The molecule has 1 amide bonds. The molecule has 2 aliphatic rings. The van der Waals surface area contributed by atoms with Crippen LogP contribution in [0.5, 0.6) is 5.75 Å². The Labute approximate surface area is 208 Å². The van der Waals surface area contributed by atoms with Crippen molar-refractivity contribution in [2.24, 2.45) is 0 Å². The van der Waals surface area contributed by atoms with E-state index in [1.54, 1.807) is 20.8 Å². The van der Waals surface area contributed by atoms with Crippen LogP contribution in [0.1, 0.15) is 26.3 Å². The lowest BCUT2D eigenvalue weighted by Gasteiger charge is -2.40. The number of alkyl halides is 3. The van der Waals surface area contributed by atoms with Crippen LogP contribution in [0.2, 0.25) is 0 Å². The van der Waals surface area contributed by atoms with E-state index in [1.807, 2.05) is 0 Å². The average molecular weight is 533 g/mol. The lowest BCUT2D eigenvalue weighted by molar-refractivity contribution is -0.274. The molecule has 13 heteroatoms. The van der Waals surface area contributed by atoms with Gasteiger partial charge in [-0.15, -0.1) is 24.9 Å². The number of hydrogen-bond donors (Lipinski definition) is 1. The molecule has 3 rings (SSSR count). The van der Waals surface area contributed by atoms with Gasteiger partial charge in [-0.25, -0.2) is 14.0 Å². The number of ketones is 1. The van der Waals surface area contributed by atoms with E-state index in [0.717, 1.165) is 37.2 Å². The number of hydrogen-bond acceptors (Lipinski definition) is 8. The maximum absolute atomic E-state index is 15.2. The molecule has 2 heterocycles. The minimum absolute atomic E-state index is 0.00308. The van der Waals surface area contributed by atoms with Crippen molar-refractivity contribution in [3.05, 3.63) is 52.3 Å². The number of nitrogens with one attached hydrogen (secondary N) is 1. The molecule has 2 aliphatic heterocycles. The van der Waals surface area contributed by atoms with E-state index in [4.69, 9.17) is 4.74 Å². The van der Waals surface area contributed by atoms with Crippen LogP contribution in [0, 0.1) is 0 Å². The third kappa shape index (κ3) is 6.71. The molecule has 0 aromatic heterocycles. The number of carbonyl (C=O) groups excluding carboxylic acids is 3. The van der Waals surface area contributed by atoms with E-state index in [1.165, 1.54) is 17.0 Å². The van der Waals surface area contributed by atoms with Gasteiger partial charge in [-0.2, -0.15) is 0 Å². The van der Waals surface area contributed by atoms with Gasteiger partial charge in [0, 0.05) is 18.5 Å². The normalized spacial score (nSPS) is 20.4. The number of halogens is 4. The first-order valence-corrected chi connectivity index (χ1v) is 11.6. The second-order valence-corrected chi connectivity index (χ2v) is 9.95. The Morgan fingerprint density at radius 2 is 1.81 bits per heavy atom. The Bertz CT molecular complexity index is 1100. The van der Waals surface area contributed by atoms with Gasteiger partial charge in [-0.3, -0.25) is 4.79 Å². The molecule has 0 spiro atoms. The number of esters is 1. The van der Waals surface area contributed by atoms with E-state index >= 15 is 4.39 Å². The smallest absolute Gasteiger partial charge is 0.465 e. The third-order valence-corrected chi connectivity index (χ3v) is 6.18. The molecular weight excluding hydrogens is 508 g/mol. The summed E-state index contributed by atoms with van der Waals surface area (Å²) in [5.41, 5.74) is -0.755. The lowest BCUT2D eigenvalue weighted by Crippen LogP contribution is -2.55. The molecule has 0 radical (unpaired) electrons. The van der Waals surface area contributed by atoms with Crippen molar-refractivity contribution in [2.75, 3.05) is 12.9 Å². The number of ether oxygens (including phenoxy) is 3. The fourth-order valence-electron chi connectivity index (χ4n) is 3.54. The van der Waals surface area contributed by atoms with Crippen LogP contribution in [0.15, 0.2) is 46.8 Å². The van der Waals surface area contributed by atoms with Crippen LogP contribution in [0.4, 0.5) is 22.4 Å². The van der Waals surface area contributed by atoms with E-state index in [2.05, 4.69) is 14.8 Å². The topological polar surface area (TPSA) is 94.2 Å². The molecule has 36 heavy (non-hydrogen) atoms. The molecular formula is C23H24F4N2O6S. The zero-order valence-corrected chi connectivity index (χ0v) is 20.6. The number of rotatable bonds is 5. The minimum atomic E-state index is -4.86. The predicted octanol–water partition coefficient (Wildman–Crippen LogP) is 4.22. The van der Waals surface area contributed by atoms with Crippen LogP contribution < -0.4 is 10.1 Å². The molecule has 1 aromatic rings. The van der Waals surface area contributed by atoms with Crippen molar-refractivity contribution in [1.29, 1.82) is 0 Å².